The van der Waals surface area contributed by atoms with Crippen LogP contribution in [0.25, 0.3) is 16.9 Å². The summed E-state index contributed by atoms with van der Waals surface area (Å²) in [4.78, 5) is 0. The molecule has 3 heteroatoms. The van der Waals surface area contributed by atoms with Gasteiger partial charge < -0.3 is 19.4 Å². The summed E-state index contributed by atoms with van der Waals surface area (Å²) in [6.07, 6.45) is 21.6. The second kappa shape index (κ2) is 27.8. The third-order valence-corrected chi connectivity index (χ3v) is 9.66. The first-order valence-electron chi connectivity index (χ1n) is 20.6. The molecule has 2 aromatic carbocycles. The summed E-state index contributed by atoms with van der Waals surface area (Å²) in [6.45, 7) is 28.4. The fraction of sp³-hybridized carbons (Fsp3) is 0.617. The van der Waals surface area contributed by atoms with Crippen LogP contribution >= 0.6 is 0 Å². The van der Waals surface area contributed by atoms with Crippen molar-refractivity contribution in [2.24, 2.45) is 0 Å². The average Bonchev–Trinajstić information content (AvgIpc) is 3.39. The van der Waals surface area contributed by atoms with Crippen molar-refractivity contribution in [1.29, 1.82) is 0 Å². The molecule has 0 aliphatic carbocycles. The maximum absolute atomic E-state index is 12.5. The van der Waals surface area contributed by atoms with Crippen LogP contribution in [-0.2, 0) is 58.9 Å². The van der Waals surface area contributed by atoms with Crippen LogP contribution in [0.15, 0.2) is 35.4 Å². The molecule has 1 aliphatic rings. The first-order valence-corrected chi connectivity index (χ1v) is 20.6. The Morgan fingerprint density at radius 1 is 0.420 bits per heavy atom. The molecule has 0 atom stereocenters. The molecular weight excluding hydrogens is 699 g/mol. The topological polar surface area (TPSA) is 25.3 Å². The Morgan fingerprint density at radius 3 is 1.00 bits per heavy atom. The van der Waals surface area contributed by atoms with Crippen molar-refractivity contribution in [3.8, 4) is 0 Å². The standard InChI is InChI=1S/C43H66N2.2C2H5.Pd/c1-9-17-19-27-41-40(26-18-10-2)42(36-28-32(20-11-3)38(24-15-7)33(29-36)21-12-4)45(44)43(41)37-30-34(22-13-5)39(25-16-8)35(31-37)23-14-6;2*1-2;/h28-31H,9-27H2,1-8H3;2*1H2,2H3;/q;2*-1;+2. The molecule has 2 aromatic rings. The molecule has 1 aliphatic heterocycles. The van der Waals surface area contributed by atoms with Crippen molar-refractivity contribution in [2.75, 3.05) is 0 Å². The van der Waals surface area contributed by atoms with Gasteiger partial charge in [0.05, 0.1) is 0 Å². The van der Waals surface area contributed by atoms with Crippen molar-refractivity contribution in [3.63, 3.8) is 0 Å². The maximum atomic E-state index is 12.5. The maximum Gasteiger partial charge on any atom is 2.00 e. The van der Waals surface area contributed by atoms with E-state index in [1.807, 2.05) is 0 Å². The Kier molecular flexibility index (Phi) is 26.8. The van der Waals surface area contributed by atoms with Gasteiger partial charge in [0.25, 0.3) is 0 Å². The van der Waals surface area contributed by atoms with Gasteiger partial charge in [-0.1, -0.05) is 113 Å². The molecule has 0 amide bonds. The van der Waals surface area contributed by atoms with Gasteiger partial charge in [0.2, 0.25) is 11.4 Å². The van der Waals surface area contributed by atoms with E-state index in [1.165, 1.54) is 76.6 Å². The number of unbranched alkanes of at least 4 members (excludes halogenated alkanes) is 3. The fourth-order valence-electron chi connectivity index (χ4n) is 7.67. The van der Waals surface area contributed by atoms with Crippen LogP contribution in [0.4, 0.5) is 0 Å². The third kappa shape index (κ3) is 13.0. The van der Waals surface area contributed by atoms with Gasteiger partial charge in [-0.3, -0.25) is 0 Å². The zero-order chi connectivity index (χ0) is 36.8. The minimum absolute atomic E-state index is 0. The van der Waals surface area contributed by atoms with Gasteiger partial charge in [0.1, 0.15) is 0 Å². The van der Waals surface area contributed by atoms with Gasteiger partial charge in [-0.2, -0.15) is 13.8 Å². The molecule has 1 heterocycles. The molecule has 0 N–H and O–H groups in total. The van der Waals surface area contributed by atoms with E-state index in [-0.39, 0.29) is 20.4 Å². The van der Waals surface area contributed by atoms with Crippen LogP contribution < -0.4 is 0 Å². The second-order valence-corrected chi connectivity index (χ2v) is 13.6. The Balaban J connectivity index is 0.00000463. The zero-order valence-electron chi connectivity index (χ0n) is 34.4. The quantitative estimate of drug-likeness (QED) is 0.0522. The minimum atomic E-state index is 0. The van der Waals surface area contributed by atoms with E-state index in [0.29, 0.717) is 0 Å². The van der Waals surface area contributed by atoms with Crippen molar-refractivity contribution in [2.45, 2.75) is 191 Å². The van der Waals surface area contributed by atoms with Crippen molar-refractivity contribution in [1.82, 2.24) is 0 Å². The number of rotatable bonds is 21. The Labute approximate surface area is 325 Å². The van der Waals surface area contributed by atoms with E-state index in [4.69, 9.17) is 0 Å². The molecule has 0 saturated carbocycles. The molecule has 3 rings (SSSR count). The molecule has 0 fully saturated rings. The predicted octanol–water partition coefficient (Wildman–Crippen LogP) is 15.0. The Hall–Kier alpha value is -1.82. The first-order chi connectivity index (χ1) is 23.9. The Bertz CT molecular complexity index is 1270. The molecule has 0 bridgehead atoms. The van der Waals surface area contributed by atoms with Gasteiger partial charge in [0.15, 0.2) is 0 Å². The summed E-state index contributed by atoms with van der Waals surface area (Å²) in [5.41, 5.74) is 29.0. The molecule has 0 saturated heterocycles. The summed E-state index contributed by atoms with van der Waals surface area (Å²) < 4.78 is 1.66. The van der Waals surface area contributed by atoms with Gasteiger partial charge in [0, 0.05) is 22.3 Å². The second-order valence-electron chi connectivity index (χ2n) is 13.6. The molecule has 0 aromatic heterocycles. The van der Waals surface area contributed by atoms with Crippen molar-refractivity contribution in [3.05, 3.63) is 99.3 Å². The van der Waals surface area contributed by atoms with E-state index in [0.717, 1.165) is 101 Å². The average molecular weight is 776 g/mol. The van der Waals surface area contributed by atoms with Crippen LogP contribution in [-0.4, -0.2) is 4.70 Å². The van der Waals surface area contributed by atoms with Crippen LogP contribution in [0.1, 0.15) is 197 Å². The Morgan fingerprint density at radius 2 is 0.720 bits per heavy atom. The zero-order valence-corrected chi connectivity index (χ0v) is 35.9. The largest absolute Gasteiger partial charge is 2.00 e. The van der Waals surface area contributed by atoms with Crippen LogP contribution in [0.3, 0.4) is 0 Å². The van der Waals surface area contributed by atoms with Crippen LogP contribution in [0.5, 0.6) is 0 Å². The van der Waals surface area contributed by atoms with Gasteiger partial charge in [-0.15, -0.1) is 0 Å². The number of hydrogen-bond acceptors (Lipinski definition) is 0. The van der Waals surface area contributed by atoms with Gasteiger partial charge in [-0.25, -0.2) is 4.70 Å². The van der Waals surface area contributed by atoms with E-state index in [1.54, 1.807) is 29.7 Å². The molecule has 2 nitrogen and oxygen atoms in total. The fourth-order valence-corrected chi connectivity index (χ4v) is 7.67. The van der Waals surface area contributed by atoms with E-state index in [2.05, 4.69) is 93.5 Å². The smallest absolute Gasteiger partial charge is 0.493 e. The molecule has 50 heavy (non-hydrogen) atoms. The number of aryl methyl sites for hydroxylation is 4. The number of hydrogen-bond donors (Lipinski definition) is 0. The van der Waals surface area contributed by atoms with Crippen molar-refractivity contribution < 1.29 is 25.1 Å². The molecular formula is C47H76N2Pd. The van der Waals surface area contributed by atoms with Gasteiger partial charge in [-0.05, 0) is 122 Å². The number of allylic oxidation sites excluding steroid dienone is 2. The monoisotopic (exact) mass is 775 g/mol. The van der Waals surface area contributed by atoms with Crippen molar-refractivity contribution >= 4 is 11.4 Å². The third-order valence-electron chi connectivity index (χ3n) is 9.66. The molecule has 0 radical (unpaired) electrons. The first kappa shape index (κ1) is 48.2. The summed E-state index contributed by atoms with van der Waals surface area (Å²) in [6, 6.07) is 9.84. The SMILES string of the molecule is CCCCCC1=C(c2cc(CCC)c(CCC)c(CCC)c2)[N+](=[N-])C(c2cc(CCC)c(CCC)c(CCC)c2)=C1CCCC.[CH2-]C.[CH2-]C.[Pd+2]. The van der Waals surface area contributed by atoms with Gasteiger partial charge >= 0.3 is 20.4 Å². The number of benzene rings is 2. The van der Waals surface area contributed by atoms with Crippen LogP contribution in [0, 0.1) is 13.8 Å². The van der Waals surface area contributed by atoms with Crippen LogP contribution in [0.2, 0.25) is 0 Å². The molecule has 0 spiro atoms. The predicted molar refractivity (Wildman–Crippen MR) is 220 cm³/mol. The summed E-state index contributed by atoms with van der Waals surface area (Å²) >= 11 is 0. The van der Waals surface area contributed by atoms with E-state index < -0.39 is 0 Å². The normalized spacial score (nSPS) is 12.4. The molecule has 0 unspecified atom stereocenters. The minimum Gasteiger partial charge on any atom is -0.493 e. The molecule has 284 valence electrons. The van der Waals surface area contributed by atoms with E-state index >= 15 is 0 Å². The van der Waals surface area contributed by atoms with E-state index in [9.17, 15) is 5.53 Å². The summed E-state index contributed by atoms with van der Waals surface area (Å²) in [5, 5.41) is 0. The summed E-state index contributed by atoms with van der Waals surface area (Å²) in [5.74, 6) is 0. The number of nitrogens with zero attached hydrogens (tertiary/aromatic N) is 2. The summed E-state index contributed by atoms with van der Waals surface area (Å²) in [7, 11) is 0.